The first-order valence-electron chi connectivity index (χ1n) is 13.6. The number of fused-ring (bicyclic) bond motifs is 1. The number of pyridine rings is 1. The largest absolute Gasteiger partial charge is 0.360 e. The van der Waals surface area contributed by atoms with Crippen molar-refractivity contribution in [2.24, 2.45) is 7.05 Å². The maximum atomic E-state index is 13.8. The summed E-state index contributed by atoms with van der Waals surface area (Å²) in [6, 6.07) is 10.1. The predicted octanol–water partition coefficient (Wildman–Crippen LogP) is 6.88. The lowest BCUT2D eigenvalue weighted by molar-refractivity contribution is 0.0709. The van der Waals surface area contributed by atoms with Crippen molar-refractivity contribution in [3.8, 4) is 22.5 Å². The molecule has 6 rings (SSSR count). The van der Waals surface area contributed by atoms with Crippen LogP contribution in [-0.4, -0.2) is 54.1 Å². The predicted molar refractivity (Wildman–Crippen MR) is 160 cm³/mol. The monoisotopic (exact) mass is 572 g/mol. The molecule has 5 heterocycles. The standard InChI is InChI=1S/C30H32N6O2S2/c1-17(2)40-27-22(15-31-28-24(27)18(3)33-35(28)5)30(37)36-13-11-21(12-14-36)29-32-23(16-39-29)25-19(4)38-34-26(25)20-9-7-6-8-10-20/h6-10,15-17,21H,11-14H2,1-5H3. The highest BCUT2D eigenvalue weighted by Gasteiger charge is 2.30. The zero-order valence-corrected chi connectivity index (χ0v) is 25.0. The number of carbonyl (C=O) groups excluding carboxylic acids is 1. The number of thiazole rings is 1. The summed E-state index contributed by atoms with van der Waals surface area (Å²) in [6.07, 6.45) is 3.49. The van der Waals surface area contributed by atoms with Crippen molar-refractivity contribution in [2.75, 3.05) is 13.1 Å². The Morgan fingerprint density at radius 1 is 1.15 bits per heavy atom. The Labute approximate surface area is 241 Å². The normalized spacial score (nSPS) is 14.5. The van der Waals surface area contributed by atoms with Crippen molar-refractivity contribution in [2.45, 2.75) is 56.6 Å². The minimum atomic E-state index is 0.0479. The van der Waals surface area contributed by atoms with Gasteiger partial charge < -0.3 is 9.42 Å². The number of carbonyl (C=O) groups is 1. The number of hydrogen-bond acceptors (Lipinski definition) is 8. The molecule has 0 unspecified atom stereocenters. The van der Waals surface area contributed by atoms with Gasteiger partial charge in [-0.25, -0.2) is 9.97 Å². The molecule has 5 aromatic rings. The number of likely N-dealkylation sites (tertiary alicyclic amines) is 1. The molecule has 0 N–H and O–H groups in total. The number of amides is 1. The second kappa shape index (κ2) is 10.8. The van der Waals surface area contributed by atoms with Crippen molar-refractivity contribution >= 4 is 40.0 Å². The van der Waals surface area contributed by atoms with Crippen molar-refractivity contribution in [3.63, 3.8) is 0 Å². The number of thioether (sulfide) groups is 1. The molecular formula is C30H32N6O2S2. The third-order valence-electron chi connectivity index (χ3n) is 7.38. The molecule has 1 amide bonds. The third kappa shape index (κ3) is 4.83. The van der Waals surface area contributed by atoms with Gasteiger partial charge in [0.2, 0.25) is 0 Å². The van der Waals surface area contributed by atoms with E-state index in [0.29, 0.717) is 29.8 Å². The van der Waals surface area contributed by atoms with Crippen LogP contribution in [0.4, 0.5) is 0 Å². The van der Waals surface area contributed by atoms with Crippen LogP contribution < -0.4 is 0 Å². The van der Waals surface area contributed by atoms with Gasteiger partial charge in [-0.3, -0.25) is 9.48 Å². The lowest BCUT2D eigenvalue weighted by Crippen LogP contribution is -2.38. The summed E-state index contributed by atoms with van der Waals surface area (Å²) in [4.78, 5) is 26.4. The zero-order valence-electron chi connectivity index (χ0n) is 23.3. The molecule has 8 nitrogen and oxygen atoms in total. The van der Waals surface area contributed by atoms with Gasteiger partial charge >= 0.3 is 0 Å². The summed E-state index contributed by atoms with van der Waals surface area (Å²) in [5.41, 5.74) is 6.07. The molecule has 1 saturated heterocycles. The van der Waals surface area contributed by atoms with Crippen molar-refractivity contribution in [1.82, 2.24) is 29.8 Å². The van der Waals surface area contributed by atoms with E-state index >= 15 is 0 Å². The minimum absolute atomic E-state index is 0.0479. The maximum absolute atomic E-state index is 13.8. The number of benzene rings is 1. The fourth-order valence-corrected chi connectivity index (χ4v) is 7.52. The molecule has 1 aliphatic rings. The molecule has 0 saturated carbocycles. The van der Waals surface area contributed by atoms with E-state index in [9.17, 15) is 4.79 Å². The fourth-order valence-electron chi connectivity index (χ4n) is 5.45. The number of aromatic nitrogens is 5. The van der Waals surface area contributed by atoms with Crippen LogP contribution in [0.3, 0.4) is 0 Å². The molecule has 0 aliphatic carbocycles. The Morgan fingerprint density at radius 3 is 2.62 bits per heavy atom. The van der Waals surface area contributed by atoms with E-state index in [1.54, 1.807) is 34.0 Å². The van der Waals surface area contributed by atoms with Crippen LogP contribution in [0.25, 0.3) is 33.5 Å². The highest BCUT2D eigenvalue weighted by molar-refractivity contribution is 8.00. The smallest absolute Gasteiger partial charge is 0.256 e. The van der Waals surface area contributed by atoms with Gasteiger partial charge in [0.05, 0.1) is 32.9 Å². The molecule has 1 fully saturated rings. The van der Waals surface area contributed by atoms with Gasteiger partial charge in [-0.15, -0.1) is 23.1 Å². The van der Waals surface area contributed by atoms with E-state index in [-0.39, 0.29) is 5.91 Å². The Balaban J connectivity index is 1.21. The van der Waals surface area contributed by atoms with Crippen LogP contribution in [-0.2, 0) is 7.05 Å². The van der Waals surface area contributed by atoms with E-state index in [1.807, 2.05) is 56.1 Å². The van der Waals surface area contributed by atoms with E-state index in [2.05, 4.69) is 34.5 Å². The number of piperidine rings is 1. The quantitative estimate of drug-likeness (QED) is 0.205. The van der Waals surface area contributed by atoms with Crippen molar-refractivity contribution < 1.29 is 9.32 Å². The summed E-state index contributed by atoms with van der Waals surface area (Å²) < 4.78 is 7.36. The maximum Gasteiger partial charge on any atom is 0.256 e. The molecule has 4 aromatic heterocycles. The highest BCUT2D eigenvalue weighted by Crippen LogP contribution is 2.39. The van der Waals surface area contributed by atoms with E-state index < -0.39 is 0 Å². The Kier molecular flexibility index (Phi) is 7.22. The lowest BCUT2D eigenvalue weighted by Gasteiger charge is -2.31. The van der Waals surface area contributed by atoms with Gasteiger partial charge in [0.1, 0.15) is 11.5 Å². The first-order chi connectivity index (χ1) is 19.3. The van der Waals surface area contributed by atoms with Crippen LogP contribution in [0.15, 0.2) is 51.3 Å². The number of nitrogens with zero attached hydrogens (tertiary/aromatic N) is 6. The van der Waals surface area contributed by atoms with Crippen LogP contribution in [0.2, 0.25) is 0 Å². The first-order valence-corrected chi connectivity index (χ1v) is 15.3. The topological polar surface area (TPSA) is 89.9 Å². The molecular weight excluding hydrogens is 541 g/mol. The second-order valence-electron chi connectivity index (χ2n) is 10.5. The Bertz CT molecular complexity index is 1680. The summed E-state index contributed by atoms with van der Waals surface area (Å²) in [7, 11) is 1.90. The molecule has 206 valence electrons. The van der Waals surface area contributed by atoms with Gasteiger partial charge in [-0.05, 0) is 26.7 Å². The molecule has 0 radical (unpaired) electrons. The van der Waals surface area contributed by atoms with Gasteiger partial charge in [0, 0.05) is 53.3 Å². The SMILES string of the molecule is Cc1onc(-c2ccccc2)c1-c1csc(C2CCN(C(=O)c3cnc4c(c(C)nn4C)c3SC(C)C)CC2)n1. The van der Waals surface area contributed by atoms with Crippen LogP contribution >= 0.6 is 23.1 Å². The van der Waals surface area contributed by atoms with Crippen LogP contribution in [0.5, 0.6) is 0 Å². The van der Waals surface area contributed by atoms with E-state index in [0.717, 1.165) is 67.7 Å². The van der Waals surface area contributed by atoms with Gasteiger partial charge in [-0.2, -0.15) is 5.10 Å². The molecule has 1 aliphatic heterocycles. The van der Waals surface area contributed by atoms with Gasteiger partial charge in [0.15, 0.2) is 5.65 Å². The van der Waals surface area contributed by atoms with E-state index in [1.165, 1.54) is 0 Å². The van der Waals surface area contributed by atoms with Crippen LogP contribution in [0, 0.1) is 13.8 Å². The summed E-state index contributed by atoms with van der Waals surface area (Å²) in [5, 5.41) is 13.4. The number of aryl methyl sites for hydroxylation is 3. The average molecular weight is 573 g/mol. The summed E-state index contributed by atoms with van der Waals surface area (Å²) in [5.74, 6) is 1.13. The second-order valence-corrected chi connectivity index (χ2v) is 13.0. The summed E-state index contributed by atoms with van der Waals surface area (Å²) in [6.45, 7) is 9.60. The number of hydrogen-bond donors (Lipinski definition) is 0. The average Bonchev–Trinajstić information content (AvgIpc) is 3.66. The molecule has 10 heteroatoms. The number of rotatable bonds is 6. The van der Waals surface area contributed by atoms with Gasteiger partial charge in [0.25, 0.3) is 5.91 Å². The first kappa shape index (κ1) is 26.7. The molecule has 0 spiro atoms. The van der Waals surface area contributed by atoms with Crippen LogP contribution in [0.1, 0.15) is 59.4 Å². The molecule has 1 aromatic carbocycles. The minimum Gasteiger partial charge on any atom is -0.360 e. The molecule has 0 bridgehead atoms. The third-order valence-corrected chi connectivity index (χ3v) is 9.52. The van der Waals surface area contributed by atoms with Gasteiger partial charge in [-0.1, -0.05) is 49.3 Å². The van der Waals surface area contributed by atoms with Crippen molar-refractivity contribution in [3.05, 3.63) is 63.9 Å². The van der Waals surface area contributed by atoms with Crippen molar-refractivity contribution in [1.29, 1.82) is 0 Å². The zero-order chi connectivity index (χ0) is 28.0. The highest BCUT2D eigenvalue weighted by atomic mass is 32.2. The molecule has 0 atom stereocenters. The summed E-state index contributed by atoms with van der Waals surface area (Å²) >= 11 is 3.39. The fraction of sp³-hybridized carbons (Fsp3) is 0.367. The lowest BCUT2D eigenvalue weighted by atomic mass is 9.97. The van der Waals surface area contributed by atoms with E-state index in [4.69, 9.17) is 9.51 Å². The Morgan fingerprint density at radius 2 is 1.90 bits per heavy atom. The Hall–Kier alpha value is -3.50. The molecule has 40 heavy (non-hydrogen) atoms.